The standard InChI is InChI=1S/C23H20Cl4N6O8/c1-40-22(38)30-18-10(24)5-12(20(36)16(18)26)28-14(34)7-32-3-4-33(9-32)8-15(35)29-13-6-11(25)19(17(27)21(13)37)31-23(39)41-2/h3-6,9H,7-8H2,1-2H3,(H5-,28,29,30,31,34,35,36,37,38,39)/p+1. The number of aromatic hydroxyl groups is 2. The summed E-state index contributed by atoms with van der Waals surface area (Å²) in [6, 6.07) is 2.39. The lowest BCUT2D eigenvalue weighted by Crippen LogP contribution is -2.38. The highest BCUT2D eigenvalue weighted by molar-refractivity contribution is 6.42. The van der Waals surface area contributed by atoms with E-state index >= 15 is 0 Å². The molecule has 1 aromatic heterocycles. The molecule has 2 aromatic carbocycles. The molecule has 0 unspecified atom stereocenters. The number of phenolic OH excluding ortho intramolecular Hbond substituents is 2. The third-order valence-corrected chi connectivity index (χ3v) is 6.49. The lowest BCUT2D eigenvalue weighted by atomic mass is 10.2. The van der Waals surface area contributed by atoms with Gasteiger partial charge in [-0.05, 0) is 12.1 Å². The van der Waals surface area contributed by atoms with E-state index in [1.54, 1.807) is 0 Å². The van der Waals surface area contributed by atoms with Gasteiger partial charge in [-0.2, -0.15) is 0 Å². The first kappa shape index (κ1) is 31.4. The molecule has 3 rings (SSSR count). The molecule has 0 saturated heterocycles. The fourth-order valence-electron chi connectivity index (χ4n) is 3.28. The molecule has 6 N–H and O–H groups in total. The molecule has 0 aliphatic carbocycles. The first-order chi connectivity index (χ1) is 19.3. The molecule has 0 aliphatic rings. The maximum atomic E-state index is 12.6. The average Bonchev–Trinajstić information content (AvgIpc) is 3.36. The van der Waals surface area contributed by atoms with Crippen LogP contribution in [-0.4, -0.2) is 53.0 Å². The molecular formula is C23H21Cl4N6O8+. The van der Waals surface area contributed by atoms with Crippen molar-refractivity contribution < 1.29 is 43.4 Å². The predicted octanol–water partition coefficient (Wildman–Crippen LogP) is 4.43. The van der Waals surface area contributed by atoms with E-state index in [1.807, 2.05) is 0 Å². The Hall–Kier alpha value is -4.11. The number of aromatic nitrogens is 2. The monoisotopic (exact) mass is 649 g/mol. The van der Waals surface area contributed by atoms with Gasteiger partial charge in [-0.25, -0.2) is 18.7 Å². The molecule has 0 spiro atoms. The minimum atomic E-state index is -0.866. The maximum Gasteiger partial charge on any atom is 0.411 e. The number of anilines is 4. The Morgan fingerprint density at radius 1 is 0.805 bits per heavy atom. The van der Waals surface area contributed by atoms with Crippen LogP contribution < -0.4 is 25.8 Å². The molecule has 14 nitrogen and oxygen atoms in total. The average molecular weight is 651 g/mol. The van der Waals surface area contributed by atoms with Crippen LogP contribution in [0.5, 0.6) is 11.5 Å². The second-order valence-corrected chi connectivity index (χ2v) is 9.55. The van der Waals surface area contributed by atoms with Crippen LogP contribution in [0.2, 0.25) is 20.1 Å². The number of nitrogens with one attached hydrogen (secondary N) is 4. The number of imidazole rings is 1. The summed E-state index contributed by atoms with van der Waals surface area (Å²) in [4.78, 5) is 48.0. The Morgan fingerprint density at radius 3 is 1.73 bits per heavy atom. The Kier molecular flexibility index (Phi) is 10.3. The van der Waals surface area contributed by atoms with Gasteiger partial charge in [-0.15, -0.1) is 0 Å². The molecule has 0 atom stereocenters. The fourth-order valence-corrected chi connectivity index (χ4v) is 4.38. The maximum absolute atomic E-state index is 12.6. The van der Waals surface area contributed by atoms with Crippen LogP contribution in [0.25, 0.3) is 0 Å². The van der Waals surface area contributed by atoms with Crippen molar-refractivity contribution in [2.75, 3.05) is 35.5 Å². The van der Waals surface area contributed by atoms with Gasteiger partial charge in [0, 0.05) is 0 Å². The van der Waals surface area contributed by atoms with Crippen molar-refractivity contribution in [1.82, 2.24) is 4.57 Å². The van der Waals surface area contributed by atoms with Gasteiger partial charge in [0.1, 0.15) is 22.4 Å². The number of halogens is 4. The van der Waals surface area contributed by atoms with E-state index < -0.39 is 35.5 Å². The zero-order valence-electron chi connectivity index (χ0n) is 21.1. The quantitative estimate of drug-likeness (QED) is 0.153. The number of amides is 4. The summed E-state index contributed by atoms with van der Waals surface area (Å²) in [7, 11) is 2.26. The third kappa shape index (κ3) is 7.76. The van der Waals surface area contributed by atoms with Crippen LogP contribution in [0.3, 0.4) is 0 Å². The largest absolute Gasteiger partial charge is 0.504 e. The number of nitrogens with zero attached hydrogens (tertiary/aromatic N) is 2. The highest BCUT2D eigenvalue weighted by Crippen LogP contribution is 2.44. The lowest BCUT2D eigenvalue weighted by Gasteiger charge is -2.14. The number of carbonyl (C=O) groups excluding carboxylic acids is 4. The van der Waals surface area contributed by atoms with E-state index in [9.17, 15) is 29.4 Å². The van der Waals surface area contributed by atoms with Crippen molar-refractivity contribution in [3.05, 3.63) is 50.9 Å². The number of methoxy groups -OCH3 is 2. The SMILES string of the molecule is COC(=O)Nc1c(Cl)cc(NC(=O)Cn2cc[n+](CC(=O)Nc3cc(Cl)c(NC(=O)OC)c(Cl)c3O)c2)c(O)c1Cl. The number of hydrogen-bond acceptors (Lipinski definition) is 8. The summed E-state index contributed by atoms with van der Waals surface area (Å²) in [6.45, 7) is -0.460. The Labute approximate surface area is 251 Å². The van der Waals surface area contributed by atoms with Crippen molar-refractivity contribution in [1.29, 1.82) is 0 Å². The van der Waals surface area contributed by atoms with E-state index in [1.165, 1.54) is 40.0 Å². The van der Waals surface area contributed by atoms with Gasteiger partial charge in [0.2, 0.25) is 6.33 Å². The highest BCUT2D eigenvalue weighted by Gasteiger charge is 2.22. The summed E-state index contributed by atoms with van der Waals surface area (Å²) in [5.41, 5.74) is -0.423. The molecule has 3 aromatic rings. The summed E-state index contributed by atoms with van der Waals surface area (Å²) in [6.07, 6.45) is 2.74. The van der Waals surface area contributed by atoms with Gasteiger partial charge >= 0.3 is 12.2 Å². The number of hydrogen-bond donors (Lipinski definition) is 6. The molecular weight excluding hydrogens is 630 g/mol. The molecule has 0 saturated carbocycles. The van der Waals surface area contributed by atoms with Crippen molar-refractivity contribution in [2.24, 2.45) is 0 Å². The lowest BCUT2D eigenvalue weighted by molar-refractivity contribution is -0.683. The van der Waals surface area contributed by atoms with Crippen LogP contribution in [0, 0.1) is 0 Å². The minimum absolute atomic E-state index is 0.0682. The normalized spacial score (nSPS) is 10.5. The number of ether oxygens (including phenoxy) is 2. The second-order valence-electron chi connectivity index (χ2n) is 7.97. The number of phenols is 2. The van der Waals surface area contributed by atoms with Crippen LogP contribution in [-0.2, 0) is 32.2 Å². The molecule has 18 heteroatoms. The van der Waals surface area contributed by atoms with Crippen molar-refractivity contribution in [2.45, 2.75) is 13.1 Å². The minimum Gasteiger partial charge on any atom is -0.504 e. The van der Waals surface area contributed by atoms with Crippen molar-refractivity contribution >= 4 is 93.2 Å². The summed E-state index contributed by atoms with van der Waals surface area (Å²) >= 11 is 24.3. The highest BCUT2D eigenvalue weighted by atomic mass is 35.5. The predicted molar refractivity (Wildman–Crippen MR) is 150 cm³/mol. The Balaban J connectivity index is 1.63. The molecule has 41 heavy (non-hydrogen) atoms. The molecule has 0 bridgehead atoms. The third-order valence-electron chi connectivity index (χ3n) is 5.16. The van der Waals surface area contributed by atoms with Crippen LogP contribution in [0.4, 0.5) is 32.3 Å². The van der Waals surface area contributed by atoms with Crippen LogP contribution in [0.15, 0.2) is 30.9 Å². The van der Waals surface area contributed by atoms with E-state index in [2.05, 4.69) is 30.7 Å². The van der Waals surface area contributed by atoms with E-state index in [-0.39, 0.29) is 55.9 Å². The first-order valence-electron chi connectivity index (χ1n) is 11.1. The van der Waals surface area contributed by atoms with Crippen LogP contribution >= 0.6 is 46.4 Å². The van der Waals surface area contributed by atoms with Crippen LogP contribution in [0.1, 0.15) is 0 Å². The Bertz CT molecular complexity index is 1420. The molecule has 0 radical (unpaired) electrons. The van der Waals surface area contributed by atoms with Gasteiger partial charge in [-0.3, -0.25) is 20.2 Å². The van der Waals surface area contributed by atoms with Gasteiger partial charge in [0.15, 0.2) is 24.6 Å². The van der Waals surface area contributed by atoms with Gasteiger partial charge in [-0.1, -0.05) is 46.4 Å². The van der Waals surface area contributed by atoms with Gasteiger partial charge < -0.3 is 30.3 Å². The zero-order valence-corrected chi connectivity index (χ0v) is 24.1. The summed E-state index contributed by atoms with van der Waals surface area (Å²) in [5, 5.41) is 29.3. The van der Waals surface area contributed by atoms with Crippen molar-refractivity contribution in [3.8, 4) is 11.5 Å². The molecule has 1 heterocycles. The number of rotatable bonds is 8. The van der Waals surface area contributed by atoms with E-state index in [0.717, 1.165) is 14.2 Å². The second kappa shape index (κ2) is 13.5. The fraction of sp³-hybridized carbons (Fsp3) is 0.174. The number of carbonyl (C=O) groups is 4. The molecule has 4 amide bonds. The molecule has 0 fully saturated rings. The van der Waals surface area contributed by atoms with Gasteiger partial charge in [0.05, 0.1) is 47.0 Å². The molecule has 218 valence electrons. The van der Waals surface area contributed by atoms with E-state index in [4.69, 9.17) is 46.4 Å². The summed E-state index contributed by atoms with van der Waals surface area (Å²) < 4.78 is 11.8. The molecule has 0 aliphatic heterocycles. The van der Waals surface area contributed by atoms with Gasteiger partial charge in [0.25, 0.3) is 11.8 Å². The van der Waals surface area contributed by atoms with Crippen molar-refractivity contribution in [3.63, 3.8) is 0 Å². The Morgan fingerprint density at radius 2 is 1.27 bits per heavy atom. The first-order valence-corrected chi connectivity index (χ1v) is 12.6. The van der Waals surface area contributed by atoms with E-state index in [0.29, 0.717) is 0 Å². The zero-order chi connectivity index (χ0) is 30.4. The summed E-state index contributed by atoms with van der Waals surface area (Å²) in [5.74, 6) is -2.23. The smallest absolute Gasteiger partial charge is 0.411 e. The number of benzene rings is 2. The topological polar surface area (TPSA) is 184 Å².